The summed E-state index contributed by atoms with van der Waals surface area (Å²) in [5, 5.41) is 7.26. The Labute approximate surface area is 189 Å². The molecule has 0 aliphatic heterocycles. The third-order valence-electron chi connectivity index (χ3n) is 5.86. The summed E-state index contributed by atoms with van der Waals surface area (Å²) < 4.78 is 6.73. The van der Waals surface area contributed by atoms with Crippen LogP contribution in [0.25, 0.3) is 27.5 Å². The predicted octanol–water partition coefficient (Wildman–Crippen LogP) is 4.74. The first-order valence-electron chi connectivity index (χ1n) is 10.5. The molecule has 5 aromatic rings. The number of aryl methyl sites for hydroxylation is 2. The molecule has 3 aromatic carbocycles. The first-order chi connectivity index (χ1) is 15.9. The van der Waals surface area contributed by atoms with Gasteiger partial charge in [0.15, 0.2) is 0 Å². The Hall–Kier alpha value is -4.39. The van der Waals surface area contributed by atoms with Gasteiger partial charge in [-0.15, -0.1) is 0 Å². The largest absolute Gasteiger partial charge is 0.497 e. The van der Waals surface area contributed by atoms with Crippen LogP contribution in [0.3, 0.4) is 0 Å². The number of carbonyl (C=O) groups excluding carboxylic acids is 1. The molecule has 0 aliphatic carbocycles. The summed E-state index contributed by atoms with van der Waals surface area (Å²) in [4.78, 5) is 30.4. The number of aromatic nitrogens is 3. The van der Waals surface area contributed by atoms with Gasteiger partial charge in [-0.25, -0.2) is 4.68 Å². The van der Waals surface area contributed by atoms with Crippen molar-refractivity contribution in [1.82, 2.24) is 14.8 Å². The number of nitrogens with zero attached hydrogens (tertiary/aromatic N) is 2. The molecule has 0 fully saturated rings. The maximum atomic E-state index is 13.1. The zero-order chi connectivity index (χ0) is 23.1. The van der Waals surface area contributed by atoms with Crippen molar-refractivity contribution in [3.05, 3.63) is 93.9 Å². The maximum Gasteiger partial charge on any atom is 0.280 e. The van der Waals surface area contributed by atoms with E-state index in [1.165, 1.54) is 4.68 Å². The fourth-order valence-electron chi connectivity index (χ4n) is 3.85. The van der Waals surface area contributed by atoms with Crippen molar-refractivity contribution in [2.24, 2.45) is 0 Å². The molecule has 0 saturated carbocycles. The monoisotopic (exact) mass is 438 g/mol. The van der Waals surface area contributed by atoms with Crippen LogP contribution >= 0.6 is 0 Å². The zero-order valence-corrected chi connectivity index (χ0v) is 18.5. The molecule has 0 radical (unpaired) electrons. The summed E-state index contributed by atoms with van der Waals surface area (Å²) in [6.45, 7) is 4.04. The molecule has 5 rings (SSSR count). The molecule has 7 nitrogen and oxygen atoms in total. The van der Waals surface area contributed by atoms with E-state index >= 15 is 0 Å². The molecule has 33 heavy (non-hydrogen) atoms. The zero-order valence-electron chi connectivity index (χ0n) is 18.5. The Morgan fingerprint density at radius 1 is 1.00 bits per heavy atom. The third kappa shape index (κ3) is 3.63. The highest BCUT2D eigenvalue weighted by Gasteiger charge is 2.15. The third-order valence-corrected chi connectivity index (χ3v) is 5.86. The van der Waals surface area contributed by atoms with Gasteiger partial charge in [0.25, 0.3) is 11.5 Å². The van der Waals surface area contributed by atoms with Crippen molar-refractivity contribution < 1.29 is 9.53 Å². The molecule has 1 amide bonds. The molecule has 164 valence electrons. The van der Waals surface area contributed by atoms with Gasteiger partial charge in [0.05, 0.1) is 29.2 Å². The van der Waals surface area contributed by atoms with Crippen LogP contribution in [0, 0.1) is 13.8 Å². The number of fused-ring (bicyclic) bond motifs is 3. The van der Waals surface area contributed by atoms with Crippen LogP contribution in [0.1, 0.15) is 21.5 Å². The van der Waals surface area contributed by atoms with Gasteiger partial charge in [-0.1, -0.05) is 12.1 Å². The second-order valence-electron chi connectivity index (χ2n) is 7.99. The van der Waals surface area contributed by atoms with Gasteiger partial charge in [-0.3, -0.25) is 19.7 Å². The number of anilines is 1. The van der Waals surface area contributed by atoms with Gasteiger partial charge in [-0.2, -0.15) is 0 Å². The van der Waals surface area contributed by atoms with E-state index < -0.39 is 0 Å². The van der Waals surface area contributed by atoms with Crippen LogP contribution in [0.5, 0.6) is 5.75 Å². The molecular formula is C26H22N4O3. The lowest BCUT2D eigenvalue weighted by atomic mass is 10.1. The van der Waals surface area contributed by atoms with Crippen molar-refractivity contribution in [2.45, 2.75) is 13.8 Å². The average molecular weight is 438 g/mol. The number of ether oxygens (including phenoxy) is 1. The molecule has 7 heteroatoms. The van der Waals surface area contributed by atoms with Crippen LogP contribution < -0.4 is 15.6 Å². The fourth-order valence-corrected chi connectivity index (χ4v) is 3.85. The smallest absolute Gasteiger partial charge is 0.280 e. The van der Waals surface area contributed by atoms with Gasteiger partial charge in [-0.05, 0) is 67.4 Å². The van der Waals surface area contributed by atoms with Crippen LogP contribution in [0.4, 0.5) is 5.69 Å². The molecule has 2 N–H and O–H groups in total. The van der Waals surface area contributed by atoms with Crippen molar-refractivity contribution in [2.75, 3.05) is 12.4 Å². The number of rotatable bonds is 4. The molecule has 0 unspecified atom stereocenters. The molecule has 2 heterocycles. The van der Waals surface area contributed by atoms with E-state index in [0.717, 1.165) is 16.8 Å². The van der Waals surface area contributed by atoms with E-state index in [1.54, 1.807) is 43.6 Å². The summed E-state index contributed by atoms with van der Waals surface area (Å²) in [6.07, 6.45) is 1.57. The topological polar surface area (TPSA) is 89.0 Å². The number of methoxy groups -OCH3 is 1. The molecule has 0 bridgehead atoms. The van der Waals surface area contributed by atoms with Crippen LogP contribution in [-0.4, -0.2) is 27.8 Å². The lowest BCUT2D eigenvalue weighted by Crippen LogP contribution is -2.14. The van der Waals surface area contributed by atoms with Gasteiger partial charge in [0, 0.05) is 28.9 Å². The Bertz CT molecular complexity index is 1600. The molecule has 0 saturated heterocycles. The molecule has 2 aromatic heterocycles. The second kappa shape index (κ2) is 7.94. The summed E-state index contributed by atoms with van der Waals surface area (Å²) in [7, 11) is 1.58. The Kier molecular flexibility index (Phi) is 4.94. The van der Waals surface area contributed by atoms with Crippen molar-refractivity contribution in [1.29, 1.82) is 0 Å². The number of nitrogens with one attached hydrogen (secondary N) is 2. The van der Waals surface area contributed by atoms with Crippen molar-refractivity contribution in [3.8, 4) is 11.4 Å². The number of benzene rings is 3. The van der Waals surface area contributed by atoms with Crippen LogP contribution in [0.2, 0.25) is 0 Å². The van der Waals surface area contributed by atoms with E-state index in [1.807, 2.05) is 44.2 Å². The minimum absolute atomic E-state index is 0.186. The highest BCUT2D eigenvalue weighted by Crippen LogP contribution is 2.24. The number of carbonyl (C=O) groups is 1. The van der Waals surface area contributed by atoms with Gasteiger partial charge in [0.2, 0.25) is 0 Å². The first-order valence-corrected chi connectivity index (χ1v) is 10.5. The number of hydrogen-bond acceptors (Lipinski definition) is 4. The predicted molar refractivity (Wildman–Crippen MR) is 130 cm³/mol. The second-order valence-corrected chi connectivity index (χ2v) is 7.99. The van der Waals surface area contributed by atoms with Crippen LogP contribution in [-0.2, 0) is 0 Å². The highest BCUT2D eigenvalue weighted by atomic mass is 16.5. The molecular weight excluding hydrogens is 416 g/mol. The lowest BCUT2D eigenvalue weighted by molar-refractivity contribution is 0.102. The van der Waals surface area contributed by atoms with E-state index in [2.05, 4.69) is 15.4 Å². The number of aromatic amines is 1. The molecule has 0 spiro atoms. The quantitative estimate of drug-likeness (QED) is 0.424. The number of pyridine rings is 1. The standard InChI is InChI=1S/C26H22N4O3/c1-15-7-9-19(11-16(15)2)30-26(32)22-14-27-23-10-8-17(12-21(23)24(22)29-30)25(31)28-18-5-4-6-20(13-18)33-3/h4-14,29H,1-3H3,(H,28,31). The van der Waals surface area contributed by atoms with E-state index in [0.29, 0.717) is 38.8 Å². The Balaban J connectivity index is 1.59. The minimum Gasteiger partial charge on any atom is -0.497 e. The summed E-state index contributed by atoms with van der Waals surface area (Å²) >= 11 is 0. The average Bonchev–Trinajstić information content (AvgIpc) is 3.17. The van der Waals surface area contributed by atoms with E-state index in [-0.39, 0.29) is 11.5 Å². The summed E-state index contributed by atoms with van der Waals surface area (Å²) in [6, 6.07) is 18.3. The van der Waals surface area contributed by atoms with Gasteiger partial charge >= 0.3 is 0 Å². The summed E-state index contributed by atoms with van der Waals surface area (Å²) in [5.41, 5.74) is 5.23. The lowest BCUT2D eigenvalue weighted by Gasteiger charge is -2.08. The maximum absolute atomic E-state index is 13.1. The normalized spacial score (nSPS) is 11.1. The van der Waals surface area contributed by atoms with Crippen LogP contribution in [0.15, 0.2) is 71.7 Å². The Morgan fingerprint density at radius 3 is 2.64 bits per heavy atom. The first kappa shape index (κ1) is 20.5. The Morgan fingerprint density at radius 2 is 1.85 bits per heavy atom. The van der Waals surface area contributed by atoms with Gasteiger partial charge < -0.3 is 10.1 Å². The van der Waals surface area contributed by atoms with E-state index in [4.69, 9.17) is 4.74 Å². The SMILES string of the molecule is COc1cccc(NC(=O)c2ccc3ncc4c(=O)n(-c5ccc(C)c(C)c5)[nH]c4c3c2)c1. The van der Waals surface area contributed by atoms with Gasteiger partial charge in [0.1, 0.15) is 5.75 Å². The highest BCUT2D eigenvalue weighted by molar-refractivity contribution is 6.10. The van der Waals surface area contributed by atoms with Crippen molar-refractivity contribution in [3.63, 3.8) is 0 Å². The molecule has 0 aliphatic rings. The van der Waals surface area contributed by atoms with Crippen molar-refractivity contribution >= 4 is 33.4 Å². The number of hydrogen-bond donors (Lipinski definition) is 2. The number of amides is 1. The minimum atomic E-state index is -0.266. The summed E-state index contributed by atoms with van der Waals surface area (Å²) in [5.74, 6) is 0.389. The molecule has 0 atom stereocenters. The fraction of sp³-hybridized carbons (Fsp3) is 0.115. The van der Waals surface area contributed by atoms with E-state index in [9.17, 15) is 9.59 Å². The number of H-pyrrole nitrogens is 1.